The number of carbonyl (C=O) groups is 4. The molecule has 0 saturated heterocycles. The quantitative estimate of drug-likeness (QED) is 0.434. The highest BCUT2D eigenvalue weighted by Crippen LogP contribution is 2.27. The molecule has 0 radical (unpaired) electrons. The van der Waals surface area contributed by atoms with Crippen molar-refractivity contribution in [1.82, 2.24) is 5.32 Å². The van der Waals surface area contributed by atoms with Crippen molar-refractivity contribution in [3.05, 3.63) is 59.7 Å². The molecule has 0 aliphatic carbocycles. The first kappa shape index (κ1) is 26.7. The third kappa shape index (κ3) is 7.29. The van der Waals surface area contributed by atoms with Gasteiger partial charge in [0.25, 0.3) is 0 Å². The largest absolute Gasteiger partial charge is 0.480 e. The van der Waals surface area contributed by atoms with Gasteiger partial charge in [0, 0.05) is 11.4 Å². The van der Waals surface area contributed by atoms with Gasteiger partial charge in [-0.15, -0.1) is 0 Å². The number of cyclic esters (lactones) is 1. The number of hydrogen-bond donors (Lipinski definition) is 4. The van der Waals surface area contributed by atoms with Gasteiger partial charge >= 0.3 is 18.0 Å². The van der Waals surface area contributed by atoms with Crippen molar-refractivity contribution in [2.75, 3.05) is 16.8 Å². The summed E-state index contributed by atoms with van der Waals surface area (Å²) in [6, 6.07) is 13.2. The van der Waals surface area contributed by atoms with Crippen molar-refractivity contribution >= 4 is 35.3 Å². The Morgan fingerprint density at radius 2 is 1.94 bits per heavy atom. The Hall–Kier alpha value is -3.92. The van der Waals surface area contributed by atoms with E-state index in [1.807, 2.05) is 43.3 Å². The molecule has 10 heteroatoms. The van der Waals surface area contributed by atoms with E-state index < -0.39 is 36.5 Å². The van der Waals surface area contributed by atoms with Gasteiger partial charge < -0.3 is 14.9 Å². The van der Waals surface area contributed by atoms with E-state index >= 15 is 0 Å². The summed E-state index contributed by atoms with van der Waals surface area (Å²) in [5.41, 5.74) is 3.28. The number of carboxylic acid groups (broad SMARTS) is 2. The number of rotatable bonds is 8. The van der Waals surface area contributed by atoms with Crippen molar-refractivity contribution in [3.8, 4) is 0 Å². The minimum Gasteiger partial charge on any atom is -0.480 e. The number of fused-ring (bicyclic) bond motifs is 3. The van der Waals surface area contributed by atoms with E-state index in [-0.39, 0.29) is 6.09 Å². The molecule has 2 aliphatic rings. The van der Waals surface area contributed by atoms with Crippen LogP contribution < -0.4 is 15.5 Å². The van der Waals surface area contributed by atoms with Crippen LogP contribution in [-0.2, 0) is 32.1 Å². The minimum absolute atomic E-state index is 0.361. The fourth-order valence-electron chi connectivity index (χ4n) is 4.14. The highest BCUT2D eigenvalue weighted by atomic mass is 16.5. The van der Waals surface area contributed by atoms with Crippen molar-refractivity contribution in [2.45, 2.75) is 57.7 Å². The third-order valence-electron chi connectivity index (χ3n) is 5.93. The molecule has 4 N–H and O–H groups in total. The molecule has 2 aromatic carbocycles. The van der Waals surface area contributed by atoms with Crippen LogP contribution in [0.1, 0.15) is 43.7 Å². The minimum atomic E-state index is -1.11. The van der Waals surface area contributed by atoms with Crippen molar-refractivity contribution < 1.29 is 34.1 Å². The van der Waals surface area contributed by atoms with Crippen LogP contribution in [0.2, 0.25) is 0 Å². The van der Waals surface area contributed by atoms with Gasteiger partial charge in [-0.1, -0.05) is 50.1 Å². The summed E-state index contributed by atoms with van der Waals surface area (Å²) in [4.78, 5) is 47.6. The number of nitrogens with zero attached hydrogens (tertiary/aromatic N) is 1. The van der Waals surface area contributed by atoms with E-state index in [1.54, 1.807) is 12.1 Å². The van der Waals surface area contributed by atoms with Crippen molar-refractivity contribution in [1.29, 1.82) is 0 Å². The highest BCUT2D eigenvalue weighted by Gasteiger charge is 2.33. The summed E-state index contributed by atoms with van der Waals surface area (Å²) in [5, 5.41) is 24.1. The summed E-state index contributed by atoms with van der Waals surface area (Å²) < 4.78 is 4.81. The van der Waals surface area contributed by atoms with Crippen LogP contribution in [0.15, 0.2) is 48.5 Å². The van der Waals surface area contributed by atoms with Crippen LogP contribution in [0.5, 0.6) is 0 Å². The molecular weight excluding hydrogens is 466 g/mol. The number of aliphatic carboxylic acids is 2. The molecular formula is C26H31N3O7. The van der Waals surface area contributed by atoms with Gasteiger partial charge in [-0.25, -0.2) is 4.79 Å². The fourth-order valence-corrected chi connectivity index (χ4v) is 4.14. The lowest BCUT2D eigenvalue weighted by molar-refractivity contribution is -0.140. The molecule has 2 aliphatic heterocycles. The predicted molar refractivity (Wildman–Crippen MR) is 133 cm³/mol. The summed E-state index contributed by atoms with van der Waals surface area (Å²) in [6.45, 7) is 1.89. The second kappa shape index (κ2) is 12.7. The van der Waals surface area contributed by atoms with Gasteiger partial charge in [0.05, 0.1) is 6.04 Å². The molecule has 2 heterocycles. The molecule has 2 aromatic rings. The zero-order valence-electron chi connectivity index (χ0n) is 20.1. The first-order chi connectivity index (χ1) is 17.3. The van der Waals surface area contributed by atoms with E-state index in [1.165, 1.54) is 4.90 Å². The standard InChI is InChI=1S/C18H24N2O5.C8H7NO2/c1-2-3-7-14(18(24)25)19-13-10-9-12-6-4-5-8-15(12)20(17(13)23)11-16(21)22;10-8-9-7-3-1-2-6(4-7)5-11-8/h4-6,8,13-14,19H,2-3,7,9-11H2,1H3,(H,21,22)(H,24,25);1-4H,5H2,(H,9,10). The Balaban J connectivity index is 0.000000270. The average molecular weight is 498 g/mol. The summed E-state index contributed by atoms with van der Waals surface area (Å²) >= 11 is 0. The number of benzene rings is 2. The first-order valence-electron chi connectivity index (χ1n) is 11.9. The molecule has 2 unspecified atom stereocenters. The van der Waals surface area contributed by atoms with Gasteiger partial charge in [-0.3, -0.25) is 29.9 Å². The molecule has 0 saturated carbocycles. The van der Waals surface area contributed by atoms with Gasteiger partial charge in [-0.05, 0) is 48.6 Å². The smallest absolute Gasteiger partial charge is 0.411 e. The molecule has 2 amide bonds. The van der Waals surface area contributed by atoms with E-state index in [2.05, 4.69) is 10.6 Å². The van der Waals surface area contributed by atoms with Gasteiger partial charge in [0.1, 0.15) is 19.2 Å². The maximum absolute atomic E-state index is 12.9. The zero-order valence-corrected chi connectivity index (χ0v) is 20.1. The van der Waals surface area contributed by atoms with Crippen LogP contribution in [0.3, 0.4) is 0 Å². The number of carboxylic acids is 2. The number of para-hydroxylation sites is 1. The summed E-state index contributed by atoms with van der Waals surface area (Å²) in [7, 11) is 0. The van der Waals surface area contributed by atoms with Crippen LogP contribution in [0.25, 0.3) is 0 Å². The Labute approximate surface area is 209 Å². The SMILES string of the molecule is CCCCC(NC1CCc2ccccc2N(CC(=O)O)C1=O)C(=O)O.O=C1Nc2cccc(c2)CO1. The number of unbranched alkanes of at least 4 members (excludes halogenated alkanes) is 1. The Bertz CT molecular complexity index is 1100. The molecule has 192 valence electrons. The van der Waals surface area contributed by atoms with Crippen LogP contribution in [0, 0.1) is 0 Å². The molecule has 0 fully saturated rings. The number of amides is 2. The van der Waals surface area contributed by atoms with E-state index in [4.69, 9.17) is 9.84 Å². The first-order valence-corrected chi connectivity index (χ1v) is 11.9. The van der Waals surface area contributed by atoms with Gasteiger partial charge in [0.2, 0.25) is 5.91 Å². The predicted octanol–water partition coefficient (Wildman–Crippen LogP) is 3.40. The number of nitrogens with one attached hydrogen (secondary N) is 2. The molecule has 4 rings (SSSR count). The second-order valence-corrected chi connectivity index (χ2v) is 8.64. The monoisotopic (exact) mass is 497 g/mol. The van der Waals surface area contributed by atoms with Gasteiger partial charge in [-0.2, -0.15) is 0 Å². The Morgan fingerprint density at radius 1 is 1.17 bits per heavy atom. The summed E-state index contributed by atoms with van der Waals surface area (Å²) in [6.07, 6.45) is 2.66. The zero-order chi connectivity index (χ0) is 26.1. The second-order valence-electron chi connectivity index (χ2n) is 8.64. The number of anilines is 2. The van der Waals surface area contributed by atoms with E-state index in [9.17, 15) is 24.3 Å². The normalized spacial score (nSPS) is 17.2. The molecule has 10 nitrogen and oxygen atoms in total. The van der Waals surface area contributed by atoms with Crippen molar-refractivity contribution in [2.24, 2.45) is 0 Å². The van der Waals surface area contributed by atoms with Crippen LogP contribution in [-0.4, -0.2) is 52.8 Å². The average Bonchev–Trinajstić information content (AvgIpc) is 3.06. The number of aryl methyl sites for hydroxylation is 1. The van der Waals surface area contributed by atoms with Crippen molar-refractivity contribution in [3.63, 3.8) is 0 Å². The Morgan fingerprint density at radius 3 is 2.67 bits per heavy atom. The molecule has 2 bridgehead atoms. The highest BCUT2D eigenvalue weighted by molar-refractivity contribution is 6.02. The maximum Gasteiger partial charge on any atom is 0.411 e. The lowest BCUT2D eigenvalue weighted by Gasteiger charge is -2.26. The topological polar surface area (TPSA) is 145 Å². The lowest BCUT2D eigenvalue weighted by atomic mass is 10.0. The maximum atomic E-state index is 12.9. The molecule has 2 atom stereocenters. The van der Waals surface area contributed by atoms with E-state index in [0.29, 0.717) is 31.6 Å². The number of hydrogen-bond acceptors (Lipinski definition) is 6. The lowest BCUT2D eigenvalue weighted by Crippen LogP contribution is -2.52. The fraction of sp³-hybridized carbons (Fsp3) is 0.385. The van der Waals surface area contributed by atoms with Crippen LogP contribution >= 0.6 is 0 Å². The number of carbonyl (C=O) groups excluding carboxylic acids is 2. The van der Waals surface area contributed by atoms with Crippen LogP contribution in [0.4, 0.5) is 16.2 Å². The van der Waals surface area contributed by atoms with E-state index in [0.717, 1.165) is 29.7 Å². The Kier molecular flexibility index (Phi) is 9.40. The molecule has 36 heavy (non-hydrogen) atoms. The molecule has 0 aromatic heterocycles. The number of ether oxygens (including phenoxy) is 1. The summed E-state index contributed by atoms with van der Waals surface area (Å²) in [5.74, 6) is -2.49. The third-order valence-corrected chi connectivity index (χ3v) is 5.93. The molecule has 0 spiro atoms. The van der Waals surface area contributed by atoms with Gasteiger partial charge in [0.15, 0.2) is 0 Å².